The maximum atomic E-state index is 12.4. The summed E-state index contributed by atoms with van der Waals surface area (Å²) in [6, 6.07) is 7.45. The molecule has 6 nitrogen and oxygen atoms in total. The maximum Gasteiger partial charge on any atom is 0.225 e. The molecular formula is C19H25N3O3. The van der Waals surface area contributed by atoms with Crippen LogP contribution in [-0.4, -0.2) is 35.7 Å². The highest BCUT2D eigenvalue weighted by atomic mass is 16.2. The summed E-state index contributed by atoms with van der Waals surface area (Å²) in [4.78, 5) is 37.4. The lowest BCUT2D eigenvalue weighted by Crippen LogP contribution is -2.43. The summed E-state index contributed by atoms with van der Waals surface area (Å²) >= 11 is 0. The molecule has 1 aliphatic carbocycles. The minimum absolute atomic E-state index is 0.0261. The number of benzene rings is 1. The first-order valence-electron chi connectivity index (χ1n) is 8.96. The number of carbonyl (C=O) groups is 3. The second-order valence-corrected chi connectivity index (χ2v) is 6.97. The van der Waals surface area contributed by atoms with Crippen molar-refractivity contribution in [1.82, 2.24) is 10.2 Å². The van der Waals surface area contributed by atoms with Crippen LogP contribution in [0.3, 0.4) is 0 Å². The van der Waals surface area contributed by atoms with Crippen LogP contribution in [0.5, 0.6) is 0 Å². The van der Waals surface area contributed by atoms with Crippen LogP contribution in [0.2, 0.25) is 0 Å². The fraction of sp³-hybridized carbons (Fsp3) is 0.526. The SMILES string of the molecule is CC(=O)Nc1cccc(CNC(=O)C2CCN(C(=O)C3CC3)CC2)c1. The zero-order chi connectivity index (χ0) is 17.8. The van der Waals surface area contributed by atoms with E-state index >= 15 is 0 Å². The molecule has 3 amide bonds. The average Bonchev–Trinajstić information content (AvgIpc) is 3.44. The minimum Gasteiger partial charge on any atom is -0.352 e. The van der Waals surface area contributed by atoms with E-state index < -0.39 is 0 Å². The third-order valence-corrected chi connectivity index (χ3v) is 4.82. The largest absolute Gasteiger partial charge is 0.352 e. The van der Waals surface area contributed by atoms with E-state index in [2.05, 4.69) is 10.6 Å². The number of rotatable bonds is 5. The molecule has 6 heteroatoms. The Labute approximate surface area is 148 Å². The molecule has 0 unspecified atom stereocenters. The van der Waals surface area contributed by atoms with Gasteiger partial charge in [-0.1, -0.05) is 12.1 Å². The second-order valence-electron chi connectivity index (χ2n) is 6.97. The predicted molar refractivity (Wildman–Crippen MR) is 94.6 cm³/mol. The molecule has 2 N–H and O–H groups in total. The van der Waals surface area contributed by atoms with Crippen LogP contribution >= 0.6 is 0 Å². The fourth-order valence-corrected chi connectivity index (χ4v) is 3.25. The number of likely N-dealkylation sites (tertiary alicyclic amines) is 1. The van der Waals surface area contributed by atoms with Crippen molar-refractivity contribution in [2.24, 2.45) is 11.8 Å². The molecule has 0 aromatic heterocycles. The number of hydrogen-bond acceptors (Lipinski definition) is 3. The molecule has 1 aromatic carbocycles. The molecular weight excluding hydrogens is 318 g/mol. The van der Waals surface area contributed by atoms with Crippen LogP contribution in [0.15, 0.2) is 24.3 Å². The summed E-state index contributed by atoms with van der Waals surface area (Å²) < 4.78 is 0. The lowest BCUT2D eigenvalue weighted by molar-refractivity contribution is -0.136. The Hall–Kier alpha value is -2.37. The van der Waals surface area contributed by atoms with Gasteiger partial charge in [-0.15, -0.1) is 0 Å². The Morgan fingerprint density at radius 1 is 1.08 bits per heavy atom. The zero-order valence-corrected chi connectivity index (χ0v) is 14.6. The molecule has 0 bridgehead atoms. The monoisotopic (exact) mass is 343 g/mol. The van der Waals surface area contributed by atoms with Crippen molar-refractivity contribution in [1.29, 1.82) is 0 Å². The van der Waals surface area contributed by atoms with Crippen LogP contribution in [0.25, 0.3) is 0 Å². The number of carbonyl (C=O) groups excluding carboxylic acids is 3. The molecule has 1 heterocycles. The average molecular weight is 343 g/mol. The Kier molecular flexibility index (Phi) is 5.36. The van der Waals surface area contributed by atoms with Crippen molar-refractivity contribution in [2.75, 3.05) is 18.4 Å². The third kappa shape index (κ3) is 4.81. The molecule has 0 spiro atoms. The summed E-state index contributed by atoms with van der Waals surface area (Å²) in [6.07, 6.45) is 3.51. The van der Waals surface area contributed by atoms with Crippen molar-refractivity contribution >= 4 is 23.4 Å². The lowest BCUT2D eigenvalue weighted by atomic mass is 9.95. The Morgan fingerprint density at radius 2 is 1.80 bits per heavy atom. The molecule has 0 atom stereocenters. The van der Waals surface area contributed by atoms with E-state index in [-0.39, 0.29) is 29.6 Å². The van der Waals surface area contributed by atoms with Gasteiger partial charge in [-0.2, -0.15) is 0 Å². The quantitative estimate of drug-likeness (QED) is 0.857. The summed E-state index contributed by atoms with van der Waals surface area (Å²) in [5.41, 5.74) is 1.67. The highest BCUT2D eigenvalue weighted by Gasteiger charge is 2.35. The van der Waals surface area contributed by atoms with Gasteiger partial charge in [0.15, 0.2) is 0 Å². The van der Waals surface area contributed by atoms with E-state index in [1.165, 1.54) is 6.92 Å². The minimum atomic E-state index is -0.117. The summed E-state index contributed by atoms with van der Waals surface area (Å²) in [5.74, 6) is 0.425. The molecule has 2 aliphatic rings. The van der Waals surface area contributed by atoms with Crippen LogP contribution in [-0.2, 0) is 20.9 Å². The molecule has 1 aliphatic heterocycles. The van der Waals surface area contributed by atoms with Gasteiger partial charge in [0, 0.05) is 44.1 Å². The van der Waals surface area contributed by atoms with Crippen molar-refractivity contribution in [3.63, 3.8) is 0 Å². The standard InChI is InChI=1S/C19H25N3O3/c1-13(23)21-17-4-2-3-14(11-17)12-20-18(24)15-7-9-22(10-8-15)19(25)16-5-6-16/h2-4,11,15-16H,5-10,12H2,1H3,(H,20,24)(H,21,23). The zero-order valence-electron chi connectivity index (χ0n) is 14.6. The fourth-order valence-electron chi connectivity index (χ4n) is 3.25. The highest BCUT2D eigenvalue weighted by molar-refractivity contribution is 5.88. The van der Waals surface area contributed by atoms with E-state index in [1.807, 2.05) is 29.2 Å². The van der Waals surface area contributed by atoms with Gasteiger partial charge < -0.3 is 15.5 Å². The van der Waals surface area contributed by atoms with Gasteiger partial charge >= 0.3 is 0 Å². The molecule has 3 rings (SSSR count). The van der Waals surface area contributed by atoms with Crippen molar-refractivity contribution in [2.45, 2.75) is 39.2 Å². The van der Waals surface area contributed by atoms with Crippen LogP contribution in [0.1, 0.15) is 38.2 Å². The molecule has 1 saturated carbocycles. The van der Waals surface area contributed by atoms with Gasteiger partial charge in [-0.05, 0) is 43.4 Å². The Bertz CT molecular complexity index is 662. The first kappa shape index (κ1) is 17.5. The van der Waals surface area contributed by atoms with Gasteiger partial charge in [-0.25, -0.2) is 0 Å². The number of nitrogens with zero attached hydrogens (tertiary/aromatic N) is 1. The van der Waals surface area contributed by atoms with Crippen LogP contribution < -0.4 is 10.6 Å². The second kappa shape index (κ2) is 7.68. The molecule has 1 saturated heterocycles. The number of amides is 3. The van der Waals surface area contributed by atoms with Gasteiger partial charge in [-0.3, -0.25) is 14.4 Å². The molecule has 25 heavy (non-hydrogen) atoms. The van der Waals surface area contributed by atoms with E-state index in [4.69, 9.17) is 0 Å². The molecule has 134 valence electrons. The first-order chi connectivity index (χ1) is 12.0. The van der Waals surface area contributed by atoms with Gasteiger partial charge in [0.25, 0.3) is 0 Å². The first-order valence-corrected chi connectivity index (χ1v) is 8.96. The van der Waals surface area contributed by atoms with Crippen molar-refractivity contribution in [3.8, 4) is 0 Å². The van der Waals surface area contributed by atoms with Crippen LogP contribution in [0.4, 0.5) is 5.69 Å². The number of anilines is 1. The van der Waals surface area contributed by atoms with Gasteiger partial charge in [0.05, 0.1) is 0 Å². The normalized spacial score (nSPS) is 17.9. The maximum absolute atomic E-state index is 12.4. The third-order valence-electron chi connectivity index (χ3n) is 4.82. The van der Waals surface area contributed by atoms with E-state index in [0.29, 0.717) is 19.6 Å². The van der Waals surface area contributed by atoms with E-state index in [0.717, 1.165) is 36.9 Å². The van der Waals surface area contributed by atoms with Gasteiger partial charge in [0.2, 0.25) is 17.7 Å². The van der Waals surface area contributed by atoms with Crippen LogP contribution in [0, 0.1) is 11.8 Å². The van der Waals surface area contributed by atoms with Crippen molar-refractivity contribution in [3.05, 3.63) is 29.8 Å². The van der Waals surface area contributed by atoms with Gasteiger partial charge in [0.1, 0.15) is 0 Å². The number of nitrogens with one attached hydrogen (secondary N) is 2. The Balaban J connectivity index is 1.45. The highest BCUT2D eigenvalue weighted by Crippen LogP contribution is 2.32. The molecule has 0 radical (unpaired) electrons. The predicted octanol–water partition coefficient (Wildman–Crippen LogP) is 1.91. The summed E-state index contributed by atoms with van der Waals surface area (Å²) in [5, 5.41) is 5.71. The van der Waals surface area contributed by atoms with Crippen molar-refractivity contribution < 1.29 is 14.4 Å². The summed E-state index contributed by atoms with van der Waals surface area (Å²) in [6.45, 7) is 3.28. The lowest BCUT2D eigenvalue weighted by Gasteiger charge is -2.31. The van der Waals surface area contributed by atoms with E-state index in [9.17, 15) is 14.4 Å². The number of piperidine rings is 1. The topological polar surface area (TPSA) is 78.5 Å². The van der Waals surface area contributed by atoms with E-state index in [1.54, 1.807) is 0 Å². The molecule has 1 aromatic rings. The molecule has 2 fully saturated rings. The smallest absolute Gasteiger partial charge is 0.225 e. The Morgan fingerprint density at radius 3 is 2.44 bits per heavy atom. The number of hydrogen-bond donors (Lipinski definition) is 2. The summed E-state index contributed by atoms with van der Waals surface area (Å²) in [7, 11) is 0.